The van der Waals surface area contributed by atoms with Crippen molar-refractivity contribution in [3.8, 4) is 0 Å². The zero-order chi connectivity index (χ0) is 13.0. The zero-order valence-corrected chi connectivity index (χ0v) is 15.4. The van der Waals surface area contributed by atoms with Crippen molar-refractivity contribution in [1.29, 1.82) is 0 Å². The van der Waals surface area contributed by atoms with E-state index in [1.54, 1.807) is 18.5 Å². The van der Waals surface area contributed by atoms with E-state index in [2.05, 4.69) is 20.8 Å². The summed E-state index contributed by atoms with van der Waals surface area (Å²) < 4.78 is 0. The molecule has 0 aliphatic rings. The minimum Gasteiger partial charge on any atom is -1.00 e. The van der Waals surface area contributed by atoms with Gasteiger partial charge in [-0.3, -0.25) is 0 Å². The van der Waals surface area contributed by atoms with Crippen molar-refractivity contribution >= 4 is 7.26 Å². The van der Waals surface area contributed by atoms with Gasteiger partial charge >= 0.3 is 0 Å². The lowest BCUT2D eigenvalue weighted by atomic mass is 10.4. The lowest BCUT2D eigenvalue weighted by molar-refractivity contribution is -0.00000405. The van der Waals surface area contributed by atoms with E-state index >= 15 is 0 Å². The summed E-state index contributed by atoms with van der Waals surface area (Å²) in [6.07, 6.45) is 15.8. The molecule has 0 amide bonds. The summed E-state index contributed by atoms with van der Waals surface area (Å²) in [7, 11) is -0.642. The van der Waals surface area contributed by atoms with Crippen LogP contribution in [0.15, 0.2) is 0 Å². The van der Waals surface area contributed by atoms with Gasteiger partial charge in [0.15, 0.2) is 0 Å². The van der Waals surface area contributed by atoms with Crippen molar-refractivity contribution < 1.29 is 17.0 Å². The van der Waals surface area contributed by atoms with E-state index in [1.807, 2.05) is 0 Å². The van der Waals surface area contributed by atoms with Gasteiger partial charge in [0.05, 0.1) is 24.6 Å². The SMILES string of the molecule is CCCC[P+](CCCC)(CCCC)CCCN.[Br-]. The number of nitrogens with two attached hydrogens (primary N) is 1. The molecule has 0 fully saturated rings. The fraction of sp³-hybridized carbons (Fsp3) is 1.00. The first-order valence-corrected chi connectivity index (χ1v) is 10.3. The molecule has 0 saturated carbocycles. The van der Waals surface area contributed by atoms with E-state index in [0.717, 1.165) is 6.54 Å². The predicted molar refractivity (Wildman–Crippen MR) is 84.8 cm³/mol. The highest BCUT2D eigenvalue weighted by molar-refractivity contribution is 7.75. The minimum atomic E-state index is -0.642. The fourth-order valence-electron chi connectivity index (χ4n) is 2.58. The van der Waals surface area contributed by atoms with Gasteiger partial charge < -0.3 is 22.7 Å². The maximum absolute atomic E-state index is 5.74. The smallest absolute Gasteiger partial charge is 0.0606 e. The molecule has 0 bridgehead atoms. The van der Waals surface area contributed by atoms with Gasteiger partial charge in [0.25, 0.3) is 0 Å². The molecule has 2 N–H and O–H groups in total. The molecule has 0 rings (SSSR count). The highest BCUT2D eigenvalue weighted by atomic mass is 79.9. The topological polar surface area (TPSA) is 26.0 Å². The Morgan fingerprint density at radius 1 is 0.667 bits per heavy atom. The molecule has 3 heteroatoms. The van der Waals surface area contributed by atoms with Gasteiger partial charge in [-0.05, 0) is 32.2 Å². The van der Waals surface area contributed by atoms with Crippen LogP contribution in [-0.2, 0) is 0 Å². The Balaban J connectivity index is 0. The largest absolute Gasteiger partial charge is 1.00 e. The van der Waals surface area contributed by atoms with Crippen LogP contribution in [0, 0.1) is 0 Å². The van der Waals surface area contributed by atoms with E-state index in [1.165, 1.54) is 51.1 Å². The third-order valence-corrected chi connectivity index (χ3v) is 8.85. The molecular formula is C15H35BrNP. The van der Waals surface area contributed by atoms with Gasteiger partial charge in [0.2, 0.25) is 0 Å². The fourth-order valence-corrected chi connectivity index (χ4v) is 7.73. The monoisotopic (exact) mass is 339 g/mol. The summed E-state index contributed by atoms with van der Waals surface area (Å²) in [6, 6.07) is 0. The van der Waals surface area contributed by atoms with Crippen LogP contribution in [0.5, 0.6) is 0 Å². The Labute approximate surface area is 127 Å². The van der Waals surface area contributed by atoms with Gasteiger partial charge in [0.1, 0.15) is 0 Å². The van der Waals surface area contributed by atoms with Crippen LogP contribution in [-0.4, -0.2) is 31.2 Å². The molecule has 0 spiro atoms. The summed E-state index contributed by atoms with van der Waals surface area (Å²) in [5, 5.41) is 0. The van der Waals surface area contributed by atoms with Crippen LogP contribution in [0.25, 0.3) is 0 Å². The first-order chi connectivity index (χ1) is 8.24. The van der Waals surface area contributed by atoms with Crippen molar-refractivity contribution in [1.82, 2.24) is 0 Å². The molecule has 0 aliphatic carbocycles. The maximum atomic E-state index is 5.74. The number of hydrogen-bond donors (Lipinski definition) is 1. The molecule has 0 aromatic heterocycles. The van der Waals surface area contributed by atoms with Gasteiger partial charge in [0, 0.05) is 7.26 Å². The van der Waals surface area contributed by atoms with E-state index in [4.69, 9.17) is 5.73 Å². The Bertz CT molecular complexity index is 127. The molecule has 0 saturated heterocycles. The summed E-state index contributed by atoms with van der Waals surface area (Å²) in [5.74, 6) is 0. The van der Waals surface area contributed by atoms with Crippen LogP contribution in [0.3, 0.4) is 0 Å². The molecular weight excluding hydrogens is 305 g/mol. The molecule has 0 atom stereocenters. The standard InChI is InChI=1S/C15H35NP.BrH/c1-4-7-12-17(13-8-5-2,14-9-6-3)15-10-11-16;/h4-16H2,1-3H3;1H/q+1;/p-1. The Morgan fingerprint density at radius 2 is 1.00 bits per heavy atom. The molecule has 0 radical (unpaired) electrons. The van der Waals surface area contributed by atoms with Crippen LogP contribution in [0.4, 0.5) is 0 Å². The third-order valence-electron chi connectivity index (χ3n) is 3.79. The highest BCUT2D eigenvalue weighted by Gasteiger charge is 2.34. The quantitative estimate of drug-likeness (QED) is 0.538. The summed E-state index contributed by atoms with van der Waals surface area (Å²) in [4.78, 5) is 0. The first kappa shape index (κ1) is 21.2. The Kier molecular flexibility index (Phi) is 16.8. The molecule has 0 aromatic rings. The van der Waals surface area contributed by atoms with Gasteiger partial charge in [-0.2, -0.15) is 0 Å². The number of rotatable bonds is 12. The molecule has 0 aliphatic heterocycles. The maximum Gasteiger partial charge on any atom is 0.0606 e. The van der Waals surface area contributed by atoms with Crippen molar-refractivity contribution in [2.45, 2.75) is 65.7 Å². The van der Waals surface area contributed by atoms with Crippen molar-refractivity contribution in [2.24, 2.45) is 5.73 Å². The molecule has 18 heavy (non-hydrogen) atoms. The van der Waals surface area contributed by atoms with Crippen molar-refractivity contribution in [2.75, 3.05) is 31.2 Å². The van der Waals surface area contributed by atoms with E-state index in [-0.39, 0.29) is 17.0 Å². The highest BCUT2D eigenvalue weighted by Crippen LogP contribution is 2.61. The molecule has 1 nitrogen and oxygen atoms in total. The molecule has 0 unspecified atom stereocenters. The van der Waals surface area contributed by atoms with Crippen molar-refractivity contribution in [3.05, 3.63) is 0 Å². The number of halogens is 1. The lowest BCUT2D eigenvalue weighted by Crippen LogP contribution is -3.00. The Morgan fingerprint density at radius 3 is 1.28 bits per heavy atom. The normalized spacial score (nSPS) is 11.3. The van der Waals surface area contributed by atoms with Crippen LogP contribution in [0.2, 0.25) is 0 Å². The van der Waals surface area contributed by atoms with E-state index in [0.29, 0.717) is 0 Å². The third kappa shape index (κ3) is 9.75. The van der Waals surface area contributed by atoms with Crippen LogP contribution >= 0.6 is 7.26 Å². The average molecular weight is 340 g/mol. The summed E-state index contributed by atoms with van der Waals surface area (Å²) in [6.45, 7) is 7.89. The Hall–Kier alpha value is 0.870. The first-order valence-electron chi connectivity index (χ1n) is 7.79. The second-order valence-corrected chi connectivity index (χ2v) is 9.91. The second kappa shape index (κ2) is 14.3. The summed E-state index contributed by atoms with van der Waals surface area (Å²) in [5.41, 5.74) is 5.74. The molecule has 0 aromatic carbocycles. The zero-order valence-electron chi connectivity index (χ0n) is 12.9. The summed E-state index contributed by atoms with van der Waals surface area (Å²) >= 11 is 0. The van der Waals surface area contributed by atoms with Crippen LogP contribution in [0.1, 0.15) is 65.7 Å². The second-order valence-electron chi connectivity index (χ2n) is 5.44. The van der Waals surface area contributed by atoms with Crippen molar-refractivity contribution in [3.63, 3.8) is 0 Å². The van der Waals surface area contributed by atoms with Gasteiger partial charge in [-0.15, -0.1) is 0 Å². The van der Waals surface area contributed by atoms with Gasteiger partial charge in [-0.25, -0.2) is 0 Å². The lowest BCUT2D eigenvalue weighted by Gasteiger charge is -2.28. The van der Waals surface area contributed by atoms with Gasteiger partial charge in [-0.1, -0.05) is 40.0 Å². The molecule has 0 heterocycles. The molecule has 112 valence electrons. The predicted octanol–water partition coefficient (Wildman–Crippen LogP) is 1.76. The van der Waals surface area contributed by atoms with E-state index < -0.39 is 7.26 Å². The number of hydrogen-bond acceptors (Lipinski definition) is 1. The van der Waals surface area contributed by atoms with E-state index in [9.17, 15) is 0 Å². The van der Waals surface area contributed by atoms with Crippen LogP contribution < -0.4 is 22.7 Å². The average Bonchev–Trinajstić information content (AvgIpc) is 2.37. The minimum absolute atomic E-state index is 0. The number of unbranched alkanes of at least 4 members (excludes halogenated alkanes) is 3.